The van der Waals surface area contributed by atoms with Gasteiger partial charge in [0.25, 0.3) is 5.91 Å². The number of anilines is 1. The molecule has 0 saturated carbocycles. The lowest BCUT2D eigenvalue weighted by Crippen LogP contribution is -2.40. The Balaban J connectivity index is 1.63. The van der Waals surface area contributed by atoms with E-state index in [4.69, 9.17) is 21.1 Å². The van der Waals surface area contributed by atoms with E-state index in [2.05, 4.69) is 5.32 Å². The van der Waals surface area contributed by atoms with Gasteiger partial charge >= 0.3 is 0 Å². The number of sulfonamides is 1. The zero-order chi connectivity index (χ0) is 19.3. The van der Waals surface area contributed by atoms with Crippen LogP contribution in [0.5, 0.6) is 5.75 Å². The van der Waals surface area contributed by atoms with E-state index in [1.807, 2.05) is 0 Å². The molecule has 0 radical (unpaired) electrons. The number of benzene rings is 2. The molecule has 7 nitrogen and oxygen atoms in total. The highest BCUT2D eigenvalue weighted by Crippen LogP contribution is 2.21. The second-order valence-electron chi connectivity index (χ2n) is 5.84. The van der Waals surface area contributed by atoms with Gasteiger partial charge in [-0.25, -0.2) is 8.42 Å². The van der Waals surface area contributed by atoms with Gasteiger partial charge in [-0.3, -0.25) is 4.79 Å². The fourth-order valence-corrected chi connectivity index (χ4v) is 4.13. The number of rotatable bonds is 6. The molecule has 9 heteroatoms. The van der Waals surface area contributed by atoms with Crippen LogP contribution in [0.15, 0.2) is 53.4 Å². The Kier molecular flexibility index (Phi) is 6.33. The van der Waals surface area contributed by atoms with Gasteiger partial charge in [-0.15, -0.1) is 0 Å². The summed E-state index contributed by atoms with van der Waals surface area (Å²) in [6.07, 6.45) is 0. The third kappa shape index (κ3) is 5.20. The van der Waals surface area contributed by atoms with Crippen molar-refractivity contribution >= 4 is 33.2 Å². The summed E-state index contributed by atoms with van der Waals surface area (Å²) < 4.78 is 37.3. The maximum absolute atomic E-state index is 12.7. The Morgan fingerprint density at radius 2 is 1.85 bits per heavy atom. The molecule has 1 saturated heterocycles. The van der Waals surface area contributed by atoms with Crippen LogP contribution in [0.4, 0.5) is 5.69 Å². The molecule has 1 fully saturated rings. The van der Waals surface area contributed by atoms with Crippen molar-refractivity contribution in [1.82, 2.24) is 4.31 Å². The van der Waals surface area contributed by atoms with E-state index in [9.17, 15) is 13.2 Å². The summed E-state index contributed by atoms with van der Waals surface area (Å²) in [6, 6.07) is 12.8. The Hall–Kier alpha value is -2.13. The fourth-order valence-electron chi connectivity index (χ4n) is 2.55. The molecule has 2 aromatic rings. The summed E-state index contributed by atoms with van der Waals surface area (Å²) in [6.45, 7) is 1.17. The smallest absolute Gasteiger partial charge is 0.262 e. The van der Waals surface area contributed by atoms with Crippen LogP contribution in [0.2, 0.25) is 5.02 Å². The number of carbonyl (C=O) groups excluding carboxylic acids is 1. The number of halogens is 1. The Morgan fingerprint density at radius 1 is 1.15 bits per heavy atom. The lowest BCUT2D eigenvalue weighted by atomic mass is 10.3. The Labute approximate surface area is 162 Å². The largest absolute Gasteiger partial charge is 0.484 e. The Bertz CT molecular complexity index is 896. The van der Waals surface area contributed by atoms with Crippen LogP contribution in [-0.4, -0.2) is 51.5 Å². The zero-order valence-electron chi connectivity index (χ0n) is 14.4. The number of ether oxygens (including phenoxy) is 2. The van der Waals surface area contributed by atoms with Gasteiger partial charge in [0.2, 0.25) is 10.0 Å². The van der Waals surface area contributed by atoms with E-state index in [0.717, 1.165) is 0 Å². The molecule has 1 aliphatic heterocycles. The predicted octanol–water partition coefficient (Wildman–Crippen LogP) is 2.38. The van der Waals surface area contributed by atoms with Crippen molar-refractivity contribution in [2.45, 2.75) is 4.90 Å². The minimum atomic E-state index is -3.62. The average molecular weight is 411 g/mol. The molecule has 0 spiro atoms. The van der Waals surface area contributed by atoms with Crippen molar-refractivity contribution in [3.63, 3.8) is 0 Å². The first-order valence-corrected chi connectivity index (χ1v) is 10.1. The van der Waals surface area contributed by atoms with Crippen LogP contribution in [0.1, 0.15) is 0 Å². The maximum atomic E-state index is 12.7. The fraction of sp³-hybridized carbons (Fsp3) is 0.278. The van der Waals surface area contributed by atoms with Crippen LogP contribution < -0.4 is 10.1 Å². The molecule has 3 rings (SSSR count). The van der Waals surface area contributed by atoms with Gasteiger partial charge in [-0.1, -0.05) is 17.7 Å². The molecule has 1 amide bonds. The third-order valence-corrected chi connectivity index (χ3v) is 6.06. The number of morpholine rings is 1. The summed E-state index contributed by atoms with van der Waals surface area (Å²) in [5.74, 6) is 0.115. The SMILES string of the molecule is O=C(COc1ccc(Cl)cc1)Nc1cccc(S(=O)(=O)N2CCOCC2)c1. The number of amides is 1. The highest BCUT2D eigenvalue weighted by molar-refractivity contribution is 7.89. The van der Waals surface area contributed by atoms with Crippen molar-refractivity contribution in [2.24, 2.45) is 0 Å². The summed E-state index contributed by atoms with van der Waals surface area (Å²) in [7, 11) is -3.62. The quantitative estimate of drug-likeness (QED) is 0.790. The van der Waals surface area contributed by atoms with Crippen molar-refractivity contribution in [3.05, 3.63) is 53.6 Å². The van der Waals surface area contributed by atoms with Crippen LogP contribution in [-0.2, 0) is 19.6 Å². The lowest BCUT2D eigenvalue weighted by molar-refractivity contribution is -0.118. The standard InChI is InChI=1S/C18H19ClN2O5S/c19-14-4-6-16(7-5-14)26-13-18(22)20-15-2-1-3-17(12-15)27(23,24)21-8-10-25-11-9-21/h1-7,12H,8-11,13H2,(H,20,22). The van der Waals surface area contributed by atoms with Gasteiger partial charge in [-0.05, 0) is 42.5 Å². The summed E-state index contributed by atoms with van der Waals surface area (Å²) in [5.41, 5.74) is 0.383. The molecule has 1 N–H and O–H groups in total. The van der Waals surface area contributed by atoms with Crippen molar-refractivity contribution in [3.8, 4) is 5.75 Å². The molecule has 144 valence electrons. The first-order chi connectivity index (χ1) is 12.9. The normalized spacial score (nSPS) is 15.3. The van der Waals surface area contributed by atoms with Gasteiger partial charge in [0.15, 0.2) is 6.61 Å². The first-order valence-electron chi connectivity index (χ1n) is 8.31. The molecule has 0 atom stereocenters. The second kappa shape index (κ2) is 8.71. The van der Waals surface area contributed by atoms with Crippen molar-refractivity contribution in [2.75, 3.05) is 38.2 Å². The zero-order valence-corrected chi connectivity index (χ0v) is 16.0. The van der Waals surface area contributed by atoms with Crippen molar-refractivity contribution in [1.29, 1.82) is 0 Å². The summed E-state index contributed by atoms with van der Waals surface area (Å²) in [5, 5.41) is 3.22. The minimum absolute atomic E-state index is 0.126. The number of hydrogen-bond acceptors (Lipinski definition) is 5. The van der Waals surface area contributed by atoms with E-state index in [1.54, 1.807) is 36.4 Å². The number of nitrogens with one attached hydrogen (secondary N) is 1. The van der Waals surface area contributed by atoms with Crippen LogP contribution in [0.25, 0.3) is 0 Å². The maximum Gasteiger partial charge on any atom is 0.262 e. The topological polar surface area (TPSA) is 84.9 Å². The molecule has 0 bridgehead atoms. The molecule has 2 aromatic carbocycles. The minimum Gasteiger partial charge on any atom is -0.484 e. The highest BCUT2D eigenvalue weighted by atomic mass is 35.5. The predicted molar refractivity (Wildman–Crippen MR) is 102 cm³/mol. The van der Waals surface area contributed by atoms with Gasteiger partial charge in [0, 0.05) is 23.8 Å². The number of carbonyl (C=O) groups is 1. The molecular formula is C18H19ClN2O5S. The lowest BCUT2D eigenvalue weighted by Gasteiger charge is -2.26. The first kappa shape index (κ1) is 19.6. The van der Waals surface area contributed by atoms with Gasteiger partial charge in [0.1, 0.15) is 5.75 Å². The van der Waals surface area contributed by atoms with Crippen LogP contribution in [0.3, 0.4) is 0 Å². The van der Waals surface area contributed by atoms with Crippen LogP contribution in [0, 0.1) is 0 Å². The molecule has 27 heavy (non-hydrogen) atoms. The number of hydrogen-bond donors (Lipinski definition) is 1. The molecule has 0 aliphatic carbocycles. The molecule has 1 aliphatic rings. The highest BCUT2D eigenvalue weighted by Gasteiger charge is 2.26. The summed E-state index contributed by atoms with van der Waals surface area (Å²) in [4.78, 5) is 12.2. The molecule has 0 aromatic heterocycles. The van der Waals surface area contributed by atoms with Gasteiger partial charge < -0.3 is 14.8 Å². The molecule has 0 unspecified atom stereocenters. The van der Waals surface area contributed by atoms with E-state index < -0.39 is 15.9 Å². The van der Waals surface area contributed by atoms with E-state index in [1.165, 1.54) is 16.4 Å². The van der Waals surface area contributed by atoms with Gasteiger partial charge in [-0.2, -0.15) is 4.31 Å². The van der Waals surface area contributed by atoms with Crippen LogP contribution >= 0.6 is 11.6 Å². The third-order valence-electron chi connectivity index (χ3n) is 3.91. The van der Waals surface area contributed by atoms with E-state index >= 15 is 0 Å². The van der Waals surface area contributed by atoms with E-state index in [-0.39, 0.29) is 11.5 Å². The van der Waals surface area contributed by atoms with E-state index in [0.29, 0.717) is 42.8 Å². The Morgan fingerprint density at radius 3 is 2.56 bits per heavy atom. The average Bonchev–Trinajstić information content (AvgIpc) is 2.68. The molecule has 1 heterocycles. The number of nitrogens with zero attached hydrogens (tertiary/aromatic N) is 1. The van der Waals surface area contributed by atoms with Crippen molar-refractivity contribution < 1.29 is 22.7 Å². The summed E-state index contributed by atoms with van der Waals surface area (Å²) >= 11 is 5.80. The molecular weight excluding hydrogens is 392 g/mol. The van der Waals surface area contributed by atoms with Gasteiger partial charge in [0.05, 0.1) is 18.1 Å². The second-order valence-corrected chi connectivity index (χ2v) is 8.21. The monoisotopic (exact) mass is 410 g/mol.